The van der Waals surface area contributed by atoms with Crippen molar-refractivity contribution in [1.82, 2.24) is 5.32 Å². The molecule has 0 aliphatic rings. The van der Waals surface area contributed by atoms with Crippen molar-refractivity contribution in [3.8, 4) is 0 Å². The maximum Gasteiger partial charge on any atom is 0.253 e. The molecule has 92 valence electrons. The van der Waals surface area contributed by atoms with Gasteiger partial charge in [0, 0.05) is 5.92 Å². The molecule has 0 aliphatic carbocycles. The van der Waals surface area contributed by atoms with Crippen LogP contribution < -0.4 is 5.32 Å². The molecule has 0 heterocycles. The third-order valence-electron chi connectivity index (χ3n) is 2.44. The van der Waals surface area contributed by atoms with Gasteiger partial charge in [0.25, 0.3) is 5.91 Å². The Hall–Kier alpha value is -1.35. The first-order valence-electron chi connectivity index (χ1n) is 5.49. The van der Waals surface area contributed by atoms with Crippen molar-refractivity contribution in [3.63, 3.8) is 0 Å². The summed E-state index contributed by atoms with van der Waals surface area (Å²) in [4.78, 5) is 23.1. The Morgan fingerprint density at radius 3 is 2.53 bits per heavy atom. The number of hydrogen-bond acceptors (Lipinski definition) is 2. The van der Waals surface area contributed by atoms with Gasteiger partial charge in [0.05, 0.1) is 17.1 Å². The lowest BCUT2D eigenvalue weighted by Gasteiger charge is -2.08. The highest BCUT2D eigenvalue weighted by Crippen LogP contribution is 2.17. The first-order chi connectivity index (χ1) is 7.91. The number of nitrogens with one attached hydrogen (secondary N) is 1. The molecule has 3 nitrogen and oxygen atoms in total. The Balaban J connectivity index is 2.68. The lowest BCUT2D eigenvalue weighted by Crippen LogP contribution is -2.31. The molecule has 1 N–H and O–H groups in total. The lowest BCUT2D eigenvalue weighted by molar-refractivity contribution is -0.120. The smallest absolute Gasteiger partial charge is 0.253 e. The van der Waals surface area contributed by atoms with Gasteiger partial charge < -0.3 is 5.32 Å². The summed E-state index contributed by atoms with van der Waals surface area (Å²) < 4.78 is 0. The van der Waals surface area contributed by atoms with Gasteiger partial charge in [0.1, 0.15) is 0 Å². The standard InChI is InChI=1S/C13H16ClNO2/c1-8(2)12(16)7-15-13(17)10-5-4-9(3)6-11(10)14/h4-6,8H,7H2,1-3H3,(H,15,17). The Morgan fingerprint density at radius 1 is 1.35 bits per heavy atom. The maximum atomic E-state index is 11.8. The van der Waals surface area contributed by atoms with Gasteiger partial charge in [-0.15, -0.1) is 0 Å². The fraction of sp³-hybridized carbons (Fsp3) is 0.385. The van der Waals surface area contributed by atoms with Gasteiger partial charge in [-0.1, -0.05) is 31.5 Å². The molecule has 0 bridgehead atoms. The predicted octanol–water partition coefficient (Wildman–Crippen LogP) is 2.60. The van der Waals surface area contributed by atoms with Crippen molar-refractivity contribution in [1.29, 1.82) is 0 Å². The van der Waals surface area contributed by atoms with Gasteiger partial charge in [-0.2, -0.15) is 0 Å². The van der Waals surface area contributed by atoms with Crippen LogP contribution in [0.5, 0.6) is 0 Å². The van der Waals surface area contributed by atoms with Crippen LogP contribution in [0.25, 0.3) is 0 Å². The summed E-state index contributed by atoms with van der Waals surface area (Å²) in [5, 5.41) is 2.97. The number of carbonyl (C=O) groups excluding carboxylic acids is 2. The normalized spacial score (nSPS) is 10.4. The number of rotatable bonds is 4. The second-order valence-electron chi connectivity index (χ2n) is 4.29. The molecule has 4 heteroatoms. The van der Waals surface area contributed by atoms with Crippen molar-refractivity contribution in [2.45, 2.75) is 20.8 Å². The summed E-state index contributed by atoms with van der Waals surface area (Å²) >= 11 is 5.96. The molecule has 0 aliphatic heterocycles. The Bertz CT molecular complexity index is 441. The molecule has 0 unspecified atom stereocenters. The number of ketones is 1. The van der Waals surface area contributed by atoms with Crippen molar-refractivity contribution in [2.24, 2.45) is 5.92 Å². The van der Waals surface area contributed by atoms with Crippen LogP contribution in [0, 0.1) is 12.8 Å². The van der Waals surface area contributed by atoms with E-state index in [1.165, 1.54) is 0 Å². The molecule has 1 rings (SSSR count). The number of amides is 1. The fourth-order valence-corrected chi connectivity index (χ4v) is 1.59. The van der Waals surface area contributed by atoms with E-state index in [1.54, 1.807) is 26.0 Å². The highest BCUT2D eigenvalue weighted by Gasteiger charge is 2.13. The Labute approximate surface area is 106 Å². The Morgan fingerprint density at radius 2 is 2.00 bits per heavy atom. The summed E-state index contributed by atoms with van der Waals surface area (Å²) in [7, 11) is 0. The summed E-state index contributed by atoms with van der Waals surface area (Å²) in [6.07, 6.45) is 0. The minimum atomic E-state index is -0.316. The minimum absolute atomic E-state index is 0.00147. The predicted molar refractivity (Wildman–Crippen MR) is 68.4 cm³/mol. The largest absolute Gasteiger partial charge is 0.345 e. The number of hydrogen-bond donors (Lipinski definition) is 1. The van der Waals surface area contributed by atoms with Gasteiger partial charge in [0.15, 0.2) is 5.78 Å². The van der Waals surface area contributed by atoms with E-state index >= 15 is 0 Å². The zero-order chi connectivity index (χ0) is 13.0. The molecule has 0 aromatic heterocycles. The quantitative estimate of drug-likeness (QED) is 0.897. The third kappa shape index (κ3) is 3.86. The number of halogens is 1. The lowest BCUT2D eigenvalue weighted by atomic mass is 10.1. The monoisotopic (exact) mass is 253 g/mol. The molecule has 0 radical (unpaired) electrons. The fourth-order valence-electron chi connectivity index (χ4n) is 1.27. The molecule has 1 amide bonds. The van der Waals surface area contributed by atoms with Crippen molar-refractivity contribution in [2.75, 3.05) is 6.54 Å². The molecular formula is C13H16ClNO2. The molecular weight excluding hydrogens is 238 g/mol. The van der Waals surface area contributed by atoms with Crippen LogP contribution in [0.1, 0.15) is 29.8 Å². The van der Waals surface area contributed by atoms with Crippen LogP contribution in [0.2, 0.25) is 5.02 Å². The van der Waals surface area contributed by atoms with Gasteiger partial charge in [-0.25, -0.2) is 0 Å². The van der Waals surface area contributed by atoms with E-state index in [-0.39, 0.29) is 24.2 Å². The molecule has 1 aromatic carbocycles. The molecule has 0 saturated carbocycles. The summed E-state index contributed by atoms with van der Waals surface area (Å²) in [5.41, 5.74) is 1.39. The van der Waals surface area contributed by atoms with Crippen LogP contribution in [0.3, 0.4) is 0 Å². The molecule has 0 spiro atoms. The summed E-state index contributed by atoms with van der Waals surface area (Å²) in [6.45, 7) is 5.54. The van der Waals surface area contributed by atoms with E-state index in [9.17, 15) is 9.59 Å². The Kier molecular flexibility index (Phi) is 4.70. The zero-order valence-electron chi connectivity index (χ0n) is 10.2. The molecule has 0 atom stereocenters. The van der Waals surface area contributed by atoms with Crippen molar-refractivity contribution in [3.05, 3.63) is 34.3 Å². The number of Topliss-reactive ketones (excluding diaryl/α,β-unsaturated/α-hetero) is 1. The first-order valence-corrected chi connectivity index (χ1v) is 5.86. The van der Waals surface area contributed by atoms with Crippen LogP contribution in [-0.4, -0.2) is 18.2 Å². The van der Waals surface area contributed by atoms with E-state index in [4.69, 9.17) is 11.6 Å². The van der Waals surface area contributed by atoms with Crippen LogP contribution in [0.4, 0.5) is 0 Å². The SMILES string of the molecule is Cc1ccc(C(=O)NCC(=O)C(C)C)c(Cl)c1. The highest BCUT2D eigenvalue weighted by atomic mass is 35.5. The topological polar surface area (TPSA) is 46.2 Å². The van der Waals surface area contributed by atoms with Gasteiger partial charge in [-0.3, -0.25) is 9.59 Å². The maximum absolute atomic E-state index is 11.8. The van der Waals surface area contributed by atoms with E-state index in [0.29, 0.717) is 10.6 Å². The van der Waals surface area contributed by atoms with Crippen molar-refractivity contribution < 1.29 is 9.59 Å². The number of aryl methyl sites for hydroxylation is 1. The van der Waals surface area contributed by atoms with E-state index < -0.39 is 0 Å². The second kappa shape index (κ2) is 5.82. The van der Waals surface area contributed by atoms with Crippen LogP contribution in [-0.2, 0) is 4.79 Å². The van der Waals surface area contributed by atoms with Crippen LogP contribution in [0.15, 0.2) is 18.2 Å². The van der Waals surface area contributed by atoms with E-state index in [2.05, 4.69) is 5.32 Å². The zero-order valence-corrected chi connectivity index (χ0v) is 11.0. The second-order valence-corrected chi connectivity index (χ2v) is 4.69. The van der Waals surface area contributed by atoms with E-state index in [1.807, 2.05) is 13.0 Å². The molecule has 1 aromatic rings. The first kappa shape index (κ1) is 13.7. The number of benzene rings is 1. The molecule has 0 saturated heterocycles. The average molecular weight is 254 g/mol. The highest BCUT2D eigenvalue weighted by molar-refractivity contribution is 6.33. The van der Waals surface area contributed by atoms with Gasteiger partial charge in [0.2, 0.25) is 0 Å². The molecule has 0 fully saturated rings. The molecule has 17 heavy (non-hydrogen) atoms. The van der Waals surface area contributed by atoms with Crippen molar-refractivity contribution >= 4 is 23.3 Å². The summed E-state index contributed by atoms with van der Waals surface area (Å²) in [5.74, 6) is -0.394. The summed E-state index contributed by atoms with van der Waals surface area (Å²) in [6, 6.07) is 5.19. The van der Waals surface area contributed by atoms with Gasteiger partial charge in [-0.05, 0) is 24.6 Å². The number of carbonyl (C=O) groups is 2. The average Bonchev–Trinajstić information content (AvgIpc) is 2.25. The van der Waals surface area contributed by atoms with Gasteiger partial charge >= 0.3 is 0 Å². The van der Waals surface area contributed by atoms with Crippen LogP contribution >= 0.6 is 11.6 Å². The minimum Gasteiger partial charge on any atom is -0.345 e. The van der Waals surface area contributed by atoms with E-state index in [0.717, 1.165) is 5.56 Å². The third-order valence-corrected chi connectivity index (χ3v) is 2.75.